The first kappa shape index (κ1) is 18.6. The number of hydrogen-bond donors (Lipinski definition) is 2. The van der Waals surface area contributed by atoms with E-state index in [9.17, 15) is 14.0 Å². The highest BCUT2D eigenvalue weighted by molar-refractivity contribution is 5.97. The summed E-state index contributed by atoms with van der Waals surface area (Å²) in [6, 6.07) is 7.30. The van der Waals surface area contributed by atoms with E-state index >= 15 is 0 Å². The fraction of sp³-hybridized carbons (Fsp3) is 0.316. The third kappa shape index (κ3) is 4.62. The van der Waals surface area contributed by atoms with E-state index in [0.29, 0.717) is 5.69 Å². The molecule has 2 aromatic rings. The Hall–Kier alpha value is -2.76. The Morgan fingerprint density at radius 3 is 2.52 bits per heavy atom. The van der Waals surface area contributed by atoms with Crippen LogP contribution in [0.1, 0.15) is 48.4 Å². The molecule has 132 valence electrons. The van der Waals surface area contributed by atoms with E-state index in [0.717, 1.165) is 17.3 Å². The summed E-state index contributed by atoms with van der Waals surface area (Å²) in [5, 5.41) is 5.40. The quantitative estimate of drug-likeness (QED) is 0.871. The van der Waals surface area contributed by atoms with E-state index in [1.165, 1.54) is 19.1 Å². The molecule has 1 aromatic heterocycles. The average Bonchev–Trinajstić information content (AvgIpc) is 2.54. The molecule has 0 aliphatic carbocycles. The second-order valence-corrected chi connectivity index (χ2v) is 6.28. The van der Waals surface area contributed by atoms with Gasteiger partial charge < -0.3 is 10.6 Å². The number of nitrogens with zero attached hydrogens (tertiary/aromatic N) is 1. The number of rotatable bonds is 5. The fourth-order valence-electron chi connectivity index (χ4n) is 2.57. The summed E-state index contributed by atoms with van der Waals surface area (Å²) in [4.78, 5) is 28.1. The van der Waals surface area contributed by atoms with Crippen molar-refractivity contribution in [1.82, 2.24) is 10.3 Å². The first-order valence-corrected chi connectivity index (χ1v) is 8.09. The van der Waals surface area contributed by atoms with Crippen LogP contribution in [0.25, 0.3) is 0 Å². The van der Waals surface area contributed by atoms with Crippen LogP contribution in [0.5, 0.6) is 0 Å². The first-order valence-electron chi connectivity index (χ1n) is 8.09. The number of pyridine rings is 1. The molecule has 5 nitrogen and oxygen atoms in total. The van der Waals surface area contributed by atoms with E-state index in [1.807, 2.05) is 32.9 Å². The number of aromatic nitrogens is 1. The summed E-state index contributed by atoms with van der Waals surface area (Å²) < 4.78 is 14.1. The molecule has 0 spiro atoms. The lowest BCUT2D eigenvalue weighted by Gasteiger charge is -2.23. The Kier molecular flexibility index (Phi) is 5.85. The predicted octanol–water partition coefficient (Wildman–Crippen LogP) is 3.61. The number of aryl methyl sites for hydroxylation is 1. The molecular formula is C19H22FN3O2. The number of halogens is 1. The zero-order chi connectivity index (χ0) is 18.6. The summed E-state index contributed by atoms with van der Waals surface area (Å²) in [7, 11) is 0. The molecule has 0 saturated carbocycles. The van der Waals surface area contributed by atoms with Crippen LogP contribution >= 0.6 is 0 Å². The van der Waals surface area contributed by atoms with Crippen LogP contribution in [0.4, 0.5) is 10.1 Å². The predicted molar refractivity (Wildman–Crippen MR) is 94.7 cm³/mol. The normalized spacial score (nSPS) is 11.9. The monoisotopic (exact) mass is 343 g/mol. The Morgan fingerprint density at radius 1 is 1.20 bits per heavy atom. The lowest BCUT2D eigenvalue weighted by atomic mass is 9.97. The van der Waals surface area contributed by atoms with Crippen LogP contribution in [0, 0.1) is 18.7 Å². The maximum atomic E-state index is 14.1. The highest BCUT2D eigenvalue weighted by Crippen LogP contribution is 2.24. The second kappa shape index (κ2) is 7.88. The van der Waals surface area contributed by atoms with Gasteiger partial charge in [-0.1, -0.05) is 19.9 Å². The molecule has 2 amide bonds. The topological polar surface area (TPSA) is 71.1 Å². The number of hydrogen-bond acceptors (Lipinski definition) is 3. The minimum absolute atomic E-state index is 0.0686. The van der Waals surface area contributed by atoms with Crippen molar-refractivity contribution >= 4 is 17.5 Å². The molecule has 0 radical (unpaired) electrons. The molecule has 25 heavy (non-hydrogen) atoms. The summed E-state index contributed by atoms with van der Waals surface area (Å²) in [6.45, 7) is 7.19. The van der Waals surface area contributed by atoms with E-state index in [2.05, 4.69) is 15.6 Å². The molecule has 0 bridgehead atoms. The summed E-state index contributed by atoms with van der Waals surface area (Å²) >= 11 is 0. The van der Waals surface area contributed by atoms with E-state index in [-0.39, 0.29) is 23.4 Å². The van der Waals surface area contributed by atoms with Gasteiger partial charge in [-0.3, -0.25) is 14.6 Å². The van der Waals surface area contributed by atoms with E-state index < -0.39 is 11.7 Å². The number of benzene rings is 1. The average molecular weight is 343 g/mol. The molecule has 1 aromatic carbocycles. The largest absolute Gasteiger partial charge is 0.343 e. The molecule has 2 rings (SSSR count). The van der Waals surface area contributed by atoms with Gasteiger partial charge in [0.2, 0.25) is 5.91 Å². The number of anilines is 1. The molecular weight excluding hydrogens is 321 g/mol. The molecule has 0 aliphatic rings. The van der Waals surface area contributed by atoms with Crippen LogP contribution < -0.4 is 10.6 Å². The lowest BCUT2D eigenvalue weighted by molar-refractivity contribution is -0.114. The van der Waals surface area contributed by atoms with Crippen molar-refractivity contribution in [1.29, 1.82) is 0 Å². The van der Waals surface area contributed by atoms with Crippen molar-refractivity contribution in [3.8, 4) is 0 Å². The minimum Gasteiger partial charge on any atom is -0.343 e. The Labute approximate surface area is 146 Å². The first-order chi connectivity index (χ1) is 11.8. The van der Waals surface area contributed by atoms with Gasteiger partial charge in [0.15, 0.2) is 0 Å². The van der Waals surface area contributed by atoms with Crippen LogP contribution in [0.3, 0.4) is 0 Å². The van der Waals surface area contributed by atoms with E-state index in [1.54, 1.807) is 6.20 Å². The number of amides is 2. The van der Waals surface area contributed by atoms with Gasteiger partial charge in [0.1, 0.15) is 5.82 Å². The third-order valence-corrected chi connectivity index (χ3v) is 3.83. The number of carbonyl (C=O) groups excluding carboxylic acids is 2. The second-order valence-electron chi connectivity index (χ2n) is 6.28. The van der Waals surface area contributed by atoms with Gasteiger partial charge in [-0.25, -0.2) is 4.39 Å². The zero-order valence-corrected chi connectivity index (χ0v) is 14.8. The maximum absolute atomic E-state index is 14.1. The Balaban J connectivity index is 2.30. The van der Waals surface area contributed by atoms with Gasteiger partial charge >= 0.3 is 0 Å². The molecule has 6 heteroatoms. The van der Waals surface area contributed by atoms with Gasteiger partial charge in [0.05, 0.1) is 17.3 Å². The molecule has 2 N–H and O–H groups in total. The smallest absolute Gasteiger partial charge is 0.254 e. The molecule has 1 unspecified atom stereocenters. The van der Waals surface area contributed by atoms with Crippen molar-refractivity contribution in [3.63, 3.8) is 0 Å². The summed E-state index contributed by atoms with van der Waals surface area (Å²) in [5.41, 5.74) is 1.96. The molecule has 0 saturated heterocycles. The Bertz CT molecular complexity index is 790. The van der Waals surface area contributed by atoms with Crippen molar-refractivity contribution in [2.45, 2.75) is 33.7 Å². The van der Waals surface area contributed by atoms with Crippen LogP contribution in [0.15, 0.2) is 36.5 Å². The summed E-state index contributed by atoms with van der Waals surface area (Å²) in [6.07, 6.45) is 1.67. The standard InChI is InChI=1S/C19H22FN3O2/c1-11(2)17(18-12(3)6-5-9-21-18)23-19(25)15-10-14(22-13(4)24)7-8-16(15)20/h5-11,17H,1-4H3,(H,22,24)(H,23,25). The third-order valence-electron chi connectivity index (χ3n) is 3.83. The van der Waals surface area contributed by atoms with Gasteiger partial charge in [-0.05, 0) is 42.7 Å². The molecule has 0 fully saturated rings. The highest BCUT2D eigenvalue weighted by Gasteiger charge is 2.23. The van der Waals surface area contributed by atoms with Crippen LogP contribution in [0.2, 0.25) is 0 Å². The number of nitrogens with one attached hydrogen (secondary N) is 2. The molecule has 0 aliphatic heterocycles. The summed E-state index contributed by atoms with van der Waals surface area (Å²) in [5.74, 6) is -1.42. The lowest BCUT2D eigenvalue weighted by Crippen LogP contribution is -2.33. The van der Waals surface area contributed by atoms with Gasteiger partial charge in [0.25, 0.3) is 5.91 Å². The Morgan fingerprint density at radius 2 is 1.92 bits per heavy atom. The zero-order valence-electron chi connectivity index (χ0n) is 14.8. The fourth-order valence-corrected chi connectivity index (χ4v) is 2.57. The van der Waals surface area contributed by atoms with Crippen LogP contribution in [-0.2, 0) is 4.79 Å². The van der Waals surface area contributed by atoms with Crippen molar-refractivity contribution in [3.05, 3.63) is 59.2 Å². The van der Waals surface area contributed by atoms with Gasteiger partial charge in [-0.2, -0.15) is 0 Å². The van der Waals surface area contributed by atoms with Crippen molar-refractivity contribution < 1.29 is 14.0 Å². The minimum atomic E-state index is -0.646. The molecule has 1 heterocycles. The van der Waals surface area contributed by atoms with Gasteiger partial charge in [-0.15, -0.1) is 0 Å². The van der Waals surface area contributed by atoms with Crippen LogP contribution in [-0.4, -0.2) is 16.8 Å². The van der Waals surface area contributed by atoms with Crippen molar-refractivity contribution in [2.24, 2.45) is 5.92 Å². The van der Waals surface area contributed by atoms with E-state index in [4.69, 9.17) is 0 Å². The molecule has 1 atom stereocenters. The SMILES string of the molecule is CC(=O)Nc1ccc(F)c(C(=O)NC(c2ncccc2C)C(C)C)c1. The van der Waals surface area contributed by atoms with Crippen molar-refractivity contribution in [2.75, 3.05) is 5.32 Å². The maximum Gasteiger partial charge on any atom is 0.254 e. The van der Waals surface area contributed by atoms with Gasteiger partial charge in [0, 0.05) is 18.8 Å². The number of carbonyl (C=O) groups is 2. The highest BCUT2D eigenvalue weighted by atomic mass is 19.1.